The van der Waals surface area contributed by atoms with Crippen LogP contribution in [0.3, 0.4) is 0 Å². The average Bonchev–Trinajstić information content (AvgIpc) is 2.79. The Balaban J connectivity index is 2.10. The second-order valence-electron chi connectivity index (χ2n) is 5.09. The number of hydrogen-bond donors (Lipinski definition) is 0. The Morgan fingerprint density at radius 1 is 1.19 bits per heavy atom. The summed E-state index contributed by atoms with van der Waals surface area (Å²) in [6, 6.07) is 3.23. The van der Waals surface area contributed by atoms with E-state index in [-0.39, 0.29) is 0 Å². The fourth-order valence-electron chi connectivity index (χ4n) is 2.70. The van der Waals surface area contributed by atoms with Gasteiger partial charge in [-0.25, -0.2) is 0 Å². The summed E-state index contributed by atoms with van der Waals surface area (Å²) >= 11 is 0. The van der Waals surface area contributed by atoms with E-state index in [9.17, 15) is 0 Å². The topological polar surface area (TPSA) is 0 Å². The molecule has 1 aliphatic carbocycles. The predicted octanol–water partition coefficient (Wildman–Crippen LogP) is 4.61. The molecule has 0 unspecified atom stereocenters. The summed E-state index contributed by atoms with van der Waals surface area (Å²) in [5.74, 6) is 0. The van der Waals surface area contributed by atoms with Crippen molar-refractivity contribution in [2.24, 2.45) is 0 Å². The molecule has 0 atom stereocenters. The molecule has 1 aliphatic rings. The lowest BCUT2D eigenvalue weighted by Gasteiger charge is -2.09. The molecule has 0 heteroatoms. The first-order chi connectivity index (χ1) is 8.24. The second kappa shape index (κ2) is 5.52. The van der Waals surface area contributed by atoms with Gasteiger partial charge in [0.2, 0.25) is 0 Å². The zero-order chi connectivity index (χ0) is 12.3. The normalized spacial score (nSPS) is 15.0. The van der Waals surface area contributed by atoms with Crippen LogP contribution in [-0.2, 0) is 19.3 Å². The van der Waals surface area contributed by atoms with E-state index >= 15 is 0 Å². The third-order valence-corrected chi connectivity index (χ3v) is 3.73. The van der Waals surface area contributed by atoms with Crippen LogP contribution in [-0.4, -0.2) is 0 Å². The Hall–Kier alpha value is -0.780. The van der Waals surface area contributed by atoms with E-state index < -0.39 is 0 Å². The molecule has 0 spiro atoms. The van der Waals surface area contributed by atoms with E-state index in [0.717, 1.165) is 12.5 Å². The highest BCUT2D eigenvalue weighted by Gasteiger charge is 2.12. The Morgan fingerprint density at radius 2 is 2.00 bits per heavy atom. The Bertz CT molecular complexity index is 393. The summed E-state index contributed by atoms with van der Waals surface area (Å²) in [4.78, 5) is 0. The summed E-state index contributed by atoms with van der Waals surface area (Å²) in [5, 5.41) is 0. The van der Waals surface area contributed by atoms with Crippen molar-refractivity contribution in [1.82, 2.24) is 0 Å². The molecule has 0 aliphatic heterocycles. The van der Waals surface area contributed by atoms with Gasteiger partial charge in [0.25, 0.3) is 0 Å². The van der Waals surface area contributed by atoms with Crippen molar-refractivity contribution in [3.05, 3.63) is 34.4 Å². The van der Waals surface area contributed by atoms with Crippen molar-refractivity contribution in [2.75, 3.05) is 0 Å². The van der Waals surface area contributed by atoms with Gasteiger partial charge in [0, 0.05) is 0 Å². The van der Waals surface area contributed by atoms with Gasteiger partial charge in [-0.2, -0.15) is 0 Å². The molecule has 0 saturated heterocycles. The first-order valence-electron chi connectivity index (χ1n) is 7.35. The van der Waals surface area contributed by atoms with E-state index in [1.54, 1.807) is 0 Å². The summed E-state index contributed by atoms with van der Waals surface area (Å²) in [6.07, 6.45) is 10.0. The maximum atomic E-state index is 8.23. The quantitative estimate of drug-likeness (QED) is 0.632. The number of rotatable bonds is 5. The van der Waals surface area contributed by atoms with E-state index in [1.807, 2.05) is 0 Å². The summed E-state index contributed by atoms with van der Waals surface area (Å²) in [5.41, 5.74) is 5.47. The van der Waals surface area contributed by atoms with Gasteiger partial charge in [0.1, 0.15) is 0 Å². The highest BCUT2D eigenvalue weighted by molar-refractivity contribution is 5.40. The van der Waals surface area contributed by atoms with Gasteiger partial charge < -0.3 is 0 Å². The first kappa shape index (κ1) is 10.4. The molecule has 0 amide bonds. The van der Waals surface area contributed by atoms with Crippen molar-refractivity contribution >= 4 is 0 Å². The van der Waals surface area contributed by atoms with Gasteiger partial charge in [-0.05, 0) is 61.3 Å². The number of benzene rings is 1. The molecule has 1 aromatic carbocycles. The number of fused-ring (bicyclic) bond motifs is 1. The minimum absolute atomic E-state index is 0.838. The van der Waals surface area contributed by atoms with Crippen LogP contribution in [0, 0.1) is 6.92 Å². The number of aryl methyl sites for hydroxylation is 2. The second-order valence-corrected chi connectivity index (χ2v) is 5.09. The van der Waals surface area contributed by atoms with Crippen LogP contribution in [0.15, 0.2) is 12.1 Å². The van der Waals surface area contributed by atoms with Crippen LogP contribution < -0.4 is 0 Å². The van der Waals surface area contributed by atoms with Crippen molar-refractivity contribution in [3.8, 4) is 0 Å². The molecule has 0 aromatic heterocycles. The molecule has 0 saturated carbocycles. The highest BCUT2D eigenvalue weighted by atomic mass is 14.2. The lowest BCUT2D eigenvalue weighted by molar-refractivity contribution is 0.665. The lowest BCUT2D eigenvalue weighted by atomic mass is 9.97. The van der Waals surface area contributed by atoms with Crippen molar-refractivity contribution in [3.63, 3.8) is 0 Å². The van der Waals surface area contributed by atoms with Crippen molar-refractivity contribution in [2.45, 2.75) is 65.2 Å². The molecule has 0 heterocycles. The zero-order valence-electron chi connectivity index (χ0n) is 11.7. The van der Waals surface area contributed by atoms with Gasteiger partial charge in [0.05, 0.1) is 1.37 Å². The third kappa shape index (κ3) is 2.66. The molecule has 0 fully saturated rings. The summed E-state index contributed by atoms with van der Waals surface area (Å²) < 4.78 is 8.23. The standard InChI is InChI=1S/C16H24/c1-3-4-5-6-8-14-12-16-10-7-9-15(16)11-13(14)2/h11-12H,3-10H2,1-2H3/i11D. The van der Waals surface area contributed by atoms with Crippen molar-refractivity contribution in [1.29, 1.82) is 0 Å². The largest absolute Gasteiger partial charge is 0.0654 e. The van der Waals surface area contributed by atoms with Gasteiger partial charge in [-0.3, -0.25) is 0 Å². The Labute approximate surface area is 101 Å². The maximum absolute atomic E-state index is 8.23. The van der Waals surface area contributed by atoms with Gasteiger partial charge >= 0.3 is 0 Å². The molecule has 88 valence electrons. The van der Waals surface area contributed by atoms with Crippen LogP contribution >= 0.6 is 0 Å². The van der Waals surface area contributed by atoms with Crippen molar-refractivity contribution < 1.29 is 1.37 Å². The molecular formula is C16H24. The molecule has 0 bridgehead atoms. The molecular weight excluding hydrogens is 192 g/mol. The fraction of sp³-hybridized carbons (Fsp3) is 0.625. The fourth-order valence-corrected chi connectivity index (χ4v) is 2.70. The van der Waals surface area contributed by atoms with Crippen LogP contribution in [0.1, 0.15) is 62.7 Å². The monoisotopic (exact) mass is 217 g/mol. The third-order valence-electron chi connectivity index (χ3n) is 3.73. The van der Waals surface area contributed by atoms with E-state index in [4.69, 9.17) is 1.37 Å². The number of hydrogen-bond acceptors (Lipinski definition) is 0. The molecule has 16 heavy (non-hydrogen) atoms. The van der Waals surface area contributed by atoms with Gasteiger partial charge in [-0.1, -0.05) is 38.3 Å². The van der Waals surface area contributed by atoms with Gasteiger partial charge in [0.15, 0.2) is 0 Å². The average molecular weight is 217 g/mol. The first-order valence-corrected chi connectivity index (χ1v) is 6.85. The minimum Gasteiger partial charge on any atom is -0.0654 e. The van der Waals surface area contributed by atoms with E-state index in [2.05, 4.69) is 19.9 Å². The molecule has 0 N–H and O–H groups in total. The van der Waals surface area contributed by atoms with Crippen LogP contribution in [0.25, 0.3) is 0 Å². The Morgan fingerprint density at radius 3 is 2.81 bits per heavy atom. The molecule has 2 rings (SSSR count). The lowest BCUT2D eigenvalue weighted by Crippen LogP contribution is -1.94. The predicted molar refractivity (Wildman–Crippen MR) is 71.1 cm³/mol. The zero-order valence-corrected chi connectivity index (χ0v) is 10.7. The maximum Gasteiger partial charge on any atom is 0.0629 e. The highest BCUT2D eigenvalue weighted by Crippen LogP contribution is 2.26. The van der Waals surface area contributed by atoms with Crippen LogP contribution in [0.2, 0.25) is 0 Å². The van der Waals surface area contributed by atoms with E-state index in [1.165, 1.54) is 67.2 Å². The summed E-state index contributed by atoms with van der Waals surface area (Å²) in [7, 11) is 0. The minimum atomic E-state index is 0.838. The SMILES string of the molecule is [2H]c1c(C)c(CCCCCC)cc2c1CCC2. The Kier molecular flexibility index (Phi) is 3.58. The molecule has 0 radical (unpaired) electrons. The smallest absolute Gasteiger partial charge is 0.0629 e. The molecule has 1 aromatic rings. The van der Waals surface area contributed by atoms with Crippen LogP contribution in [0.5, 0.6) is 0 Å². The summed E-state index contributed by atoms with van der Waals surface area (Å²) in [6.45, 7) is 4.39. The number of unbranched alkanes of at least 4 members (excludes halogenated alkanes) is 3. The van der Waals surface area contributed by atoms with Gasteiger partial charge in [-0.15, -0.1) is 0 Å². The van der Waals surface area contributed by atoms with E-state index in [0.29, 0.717) is 0 Å². The van der Waals surface area contributed by atoms with Crippen LogP contribution in [0.4, 0.5) is 0 Å². The molecule has 0 nitrogen and oxygen atoms in total.